The molecular formula is C27H28ClN5O4. The number of piperidine rings is 1. The van der Waals surface area contributed by atoms with Crippen LogP contribution < -0.4 is 4.74 Å². The summed E-state index contributed by atoms with van der Waals surface area (Å²) < 4.78 is 13.4. The van der Waals surface area contributed by atoms with E-state index in [2.05, 4.69) is 10.1 Å². The minimum Gasteiger partial charge on any atom is -0.489 e. The van der Waals surface area contributed by atoms with Gasteiger partial charge in [-0.25, -0.2) is 4.79 Å². The van der Waals surface area contributed by atoms with Gasteiger partial charge in [-0.15, -0.1) is 0 Å². The first kappa shape index (κ1) is 23.8. The highest BCUT2D eigenvalue weighted by atomic mass is 35.5. The molecule has 9 nitrogen and oxygen atoms in total. The molecule has 10 heteroatoms. The van der Waals surface area contributed by atoms with Crippen LogP contribution >= 0.6 is 11.6 Å². The van der Waals surface area contributed by atoms with Crippen LogP contribution in [0, 0.1) is 0 Å². The molecule has 192 valence electrons. The Hall–Kier alpha value is -3.59. The number of ether oxygens (including phenoxy) is 2. The highest BCUT2D eigenvalue weighted by Gasteiger charge is 2.39. The largest absolute Gasteiger partial charge is 0.489 e. The van der Waals surface area contributed by atoms with Gasteiger partial charge in [0, 0.05) is 67.6 Å². The lowest BCUT2D eigenvalue weighted by Gasteiger charge is -2.33. The number of hydrogen-bond donors (Lipinski definition) is 0. The van der Waals surface area contributed by atoms with Crippen LogP contribution in [0.1, 0.15) is 47.8 Å². The van der Waals surface area contributed by atoms with Gasteiger partial charge in [-0.2, -0.15) is 5.10 Å². The SMILES string of the molecule is Cn1cc(-c2cnc(C(=O)N3CCCC3c3ccc(Cl)cc3)cc2O[C@H]2CCN3C(=O)OC[C@@H]3C2)cn1. The molecule has 3 atom stereocenters. The summed E-state index contributed by atoms with van der Waals surface area (Å²) in [6.45, 7) is 1.64. The molecule has 1 unspecified atom stereocenters. The van der Waals surface area contributed by atoms with Crippen LogP contribution in [0.2, 0.25) is 5.02 Å². The molecule has 3 aliphatic heterocycles. The van der Waals surface area contributed by atoms with Crippen LogP contribution in [-0.2, 0) is 11.8 Å². The summed E-state index contributed by atoms with van der Waals surface area (Å²) >= 11 is 6.08. The highest BCUT2D eigenvalue weighted by Crippen LogP contribution is 2.36. The van der Waals surface area contributed by atoms with Crippen LogP contribution in [0.25, 0.3) is 11.1 Å². The quantitative estimate of drug-likeness (QED) is 0.492. The summed E-state index contributed by atoms with van der Waals surface area (Å²) in [4.78, 5) is 33.8. The second kappa shape index (κ2) is 9.70. The van der Waals surface area contributed by atoms with Gasteiger partial charge in [0.2, 0.25) is 0 Å². The van der Waals surface area contributed by atoms with Crippen molar-refractivity contribution in [1.82, 2.24) is 24.6 Å². The number of cyclic esters (lactones) is 1. The fraction of sp³-hybridized carbons (Fsp3) is 0.407. The Morgan fingerprint density at radius 3 is 2.78 bits per heavy atom. The van der Waals surface area contributed by atoms with Crippen molar-refractivity contribution in [3.8, 4) is 16.9 Å². The molecular weight excluding hydrogens is 494 g/mol. The molecule has 0 spiro atoms. The number of aromatic nitrogens is 3. The maximum absolute atomic E-state index is 13.7. The van der Waals surface area contributed by atoms with Crippen molar-refractivity contribution in [2.75, 3.05) is 19.7 Å². The van der Waals surface area contributed by atoms with E-state index in [0.717, 1.165) is 29.5 Å². The molecule has 3 fully saturated rings. The molecule has 3 aliphatic rings. The zero-order valence-electron chi connectivity index (χ0n) is 20.5. The van der Waals surface area contributed by atoms with Crippen molar-refractivity contribution < 1.29 is 19.1 Å². The fourth-order valence-corrected chi connectivity index (χ4v) is 5.69. The molecule has 0 bridgehead atoms. The van der Waals surface area contributed by atoms with Crippen molar-refractivity contribution in [3.05, 3.63) is 65.2 Å². The van der Waals surface area contributed by atoms with Crippen LogP contribution in [-0.4, -0.2) is 68.4 Å². The number of halogens is 1. The molecule has 0 N–H and O–H groups in total. The van der Waals surface area contributed by atoms with Crippen molar-refractivity contribution in [2.24, 2.45) is 7.05 Å². The third kappa shape index (κ3) is 4.64. The zero-order valence-corrected chi connectivity index (χ0v) is 21.3. The van der Waals surface area contributed by atoms with E-state index in [4.69, 9.17) is 21.1 Å². The van der Waals surface area contributed by atoms with E-state index in [-0.39, 0.29) is 30.2 Å². The Morgan fingerprint density at radius 2 is 2.00 bits per heavy atom. The van der Waals surface area contributed by atoms with Crippen LogP contribution in [0.15, 0.2) is 48.9 Å². The summed E-state index contributed by atoms with van der Waals surface area (Å²) in [5.74, 6) is 0.474. The van der Waals surface area contributed by atoms with Crippen LogP contribution in [0.4, 0.5) is 4.79 Å². The van der Waals surface area contributed by atoms with E-state index in [1.807, 2.05) is 42.4 Å². The van der Waals surface area contributed by atoms with Gasteiger partial charge < -0.3 is 19.3 Å². The number of hydrogen-bond acceptors (Lipinski definition) is 6. The van der Waals surface area contributed by atoms with Crippen molar-refractivity contribution in [1.29, 1.82) is 0 Å². The lowest BCUT2D eigenvalue weighted by atomic mass is 10.0. The Morgan fingerprint density at radius 1 is 1.16 bits per heavy atom. The van der Waals surface area contributed by atoms with Gasteiger partial charge in [-0.1, -0.05) is 23.7 Å². The maximum Gasteiger partial charge on any atom is 0.410 e. The van der Waals surface area contributed by atoms with Gasteiger partial charge in [0.1, 0.15) is 24.2 Å². The topological polar surface area (TPSA) is 89.8 Å². The van der Waals surface area contributed by atoms with Crippen molar-refractivity contribution in [2.45, 2.75) is 43.9 Å². The molecule has 5 heterocycles. The Labute approximate surface area is 219 Å². The van der Waals surface area contributed by atoms with Crippen molar-refractivity contribution in [3.63, 3.8) is 0 Å². The summed E-state index contributed by atoms with van der Waals surface area (Å²) in [5, 5.41) is 4.97. The van der Waals surface area contributed by atoms with E-state index < -0.39 is 0 Å². The van der Waals surface area contributed by atoms with E-state index in [9.17, 15) is 9.59 Å². The molecule has 0 aliphatic carbocycles. The molecule has 3 aromatic rings. The first-order chi connectivity index (χ1) is 18.0. The smallest absolute Gasteiger partial charge is 0.410 e. The monoisotopic (exact) mass is 521 g/mol. The molecule has 2 amide bonds. The lowest BCUT2D eigenvalue weighted by molar-refractivity contribution is 0.0725. The summed E-state index contributed by atoms with van der Waals surface area (Å²) in [7, 11) is 1.85. The van der Waals surface area contributed by atoms with Gasteiger partial charge >= 0.3 is 6.09 Å². The molecule has 1 aromatic carbocycles. The normalized spacial score (nSPS) is 23.2. The molecule has 37 heavy (non-hydrogen) atoms. The molecule has 0 radical (unpaired) electrons. The summed E-state index contributed by atoms with van der Waals surface area (Å²) in [5.41, 5.74) is 3.06. The number of likely N-dealkylation sites (tertiary alicyclic amines) is 1. The van der Waals surface area contributed by atoms with Crippen LogP contribution in [0.5, 0.6) is 5.75 Å². The number of nitrogens with zero attached hydrogens (tertiary/aromatic N) is 5. The molecule has 2 aromatic heterocycles. The average Bonchev–Trinajstić information content (AvgIpc) is 3.64. The standard InChI is InChI=1S/C27H28ClN5O4/c1-31-15-18(13-30-31)22-14-29-23(12-25(22)37-21-8-10-32-20(11-21)16-36-27(32)35)26(34)33-9-2-3-24(33)17-4-6-19(28)7-5-17/h4-7,12-15,20-21,24H,2-3,8-11,16H2,1H3/t20-,21-,24?/m0/s1. The number of carbonyl (C=O) groups excluding carboxylic acids is 2. The Balaban J connectivity index is 1.28. The number of rotatable bonds is 5. The predicted molar refractivity (Wildman–Crippen MR) is 136 cm³/mol. The van der Waals surface area contributed by atoms with Gasteiger partial charge in [0.15, 0.2) is 0 Å². The van der Waals surface area contributed by atoms with Gasteiger partial charge in [0.05, 0.1) is 18.3 Å². The number of amides is 2. The summed E-state index contributed by atoms with van der Waals surface area (Å²) in [6.07, 6.45) is 8.18. The van der Waals surface area contributed by atoms with E-state index in [1.165, 1.54) is 0 Å². The highest BCUT2D eigenvalue weighted by molar-refractivity contribution is 6.30. The number of benzene rings is 1. The first-order valence-corrected chi connectivity index (χ1v) is 13.0. The van der Waals surface area contributed by atoms with Crippen LogP contribution in [0.3, 0.4) is 0 Å². The summed E-state index contributed by atoms with van der Waals surface area (Å²) in [6, 6.07) is 9.44. The average molecular weight is 522 g/mol. The van der Waals surface area contributed by atoms with Gasteiger partial charge in [-0.05, 0) is 30.5 Å². The molecule has 0 saturated carbocycles. The maximum atomic E-state index is 13.7. The Bertz CT molecular complexity index is 1330. The Kier molecular flexibility index (Phi) is 6.24. The number of carbonyl (C=O) groups is 2. The minimum absolute atomic E-state index is 0.0146. The lowest BCUT2D eigenvalue weighted by Crippen LogP contribution is -2.44. The third-order valence-electron chi connectivity index (χ3n) is 7.46. The number of fused-ring (bicyclic) bond motifs is 1. The third-order valence-corrected chi connectivity index (χ3v) is 7.72. The van der Waals surface area contributed by atoms with E-state index in [1.54, 1.807) is 28.0 Å². The minimum atomic E-state index is -0.253. The predicted octanol–water partition coefficient (Wildman–Crippen LogP) is 4.47. The van der Waals surface area contributed by atoms with Crippen molar-refractivity contribution >= 4 is 23.6 Å². The molecule has 3 saturated heterocycles. The second-order valence-electron chi connectivity index (χ2n) is 9.86. The van der Waals surface area contributed by atoms with Gasteiger partial charge in [-0.3, -0.25) is 14.5 Å². The van der Waals surface area contributed by atoms with Gasteiger partial charge in [0.25, 0.3) is 5.91 Å². The first-order valence-electron chi connectivity index (χ1n) is 12.6. The zero-order chi connectivity index (χ0) is 25.5. The molecule has 6 rings (SSSR count). The van der Waals surface area contributed by atoms with E-state index in [0.29, 0.717) is 49.0 Å². The second-order valence-corrected chi connectivity index (χ2v) is 10.3. The number of pyridine rings is 1. The van der Waals surface area contributed by atoms with E-state index >= 15 is 0 Å². The fourth-order valence-electron chi connectivity index (χ4n) is 5.57. The number of aryl methyl sites for hydroxylation is 1.